The summed E-state index contributed by atoms with van der Waals surface area (Å²) in [7, 11) is 0. The first kappa shape index (κ1) is 14.0. The first-order chi connectivity index (χ1) is 9.51. The van der Waals surface area contributed by atoms with E-state index in [1.54, 1.807) is 13.0 Å². The average Bonchev–Trinajstić information content (AvgIpc) is 2.42. The van der Waals surface area contributed by atoms with Gasteiger partial charge in [0.15, 0.2) is 0 Å². The summed E-state index contributed by atoms with van der Waals surface area (Å²) in [5.74, 6) is 0.327. The van der Waals surface area contributed by atoms with Crippen molar-refractivity contribution in [2.24, 2.45) is 0 Å². The highest BCUT2D eigenvalue weighted by molar-refractivity contribution is 9.10. The van der Waals surface area contributed by atoms with Crippen LogP contribution in [0.15, 0.2) is 34.9 Å². The van der Waals surface area contributed by atoms with Gasteiger partial charge in [0.05, 0.1) is 16.6 Å². The van der Waals surface area contributed by atoms with E-state index in [0.29, 0.717) is 0 Å². The summed E-state index contributed by atoms with van der Waals surface area (Å²) in [4.78, 5) is 14.5. The number of nitro groups is 1. The van der Waals surface area contributed by atoms with Gasteiger partial charge in [0.1, 0.15) is 0 Å². The third-order valence-corrected chi connectivity index (χ3v) is 2.92. The first-order valence-corrected chi connectivity index (χ1v) is 6.29. The van der Waals surface area contributed by atoms with Crippen LogP contribution in [-0.2, 0) is 0 Å². The first-order valence-electron chi connectivity index (χ1n) is 5.50. The molecule has 0 aliphatic heterocycles. The Morgan fingerprint density at radius 1 is 1.45 bits per heavy atom. The van der Waals surface area contributed by atoms with Gasteiger partial charge in [-0.2, -0.15) is 5.26 Å². The maximum absolute atomic E-state index is 11.0. The fourth-order valence-electron chi connectivity index (χ4n) is 1.55. The van der Waals surface area contributed by atoms with Crippen molar-refractivity contribution in [1.29, 1.82) is 5.26 Å². The Morgan fingerprint density at radius 2 is 2.20 bits per heavy atom. The number of nitrogens with zero attached hydrogens (tertiary/aromatic N) is 3. The minimum Gasteiger partial charge on any atom is -0.432 e. The molecule has 20 heavy (non-hydrogen) atoms. The van der Waals surface area contributed by atoms with Crippen LogP contribution in [0.1, 0.15) is 11.1 Å². The minimum absolute atomic E-state index is 0.0481. The summed E-state index contributed by atoms with van der Waals surface area (Å²) in [6.07, 6.45) is 1.54. The number of hydrogen-bond acceptors (Lipinski definition) is 5. The summed E-state index contributed by atoms with van der Waals surface area (Å²) in [6.45, 7) is 1.78. The molecule has 0 aliphatic rings. The molecule has 0 amide bonds. The zero-order valence-corrected chi connectivity index (χ0v) is 11.9. The number of benzene rings is 1. The molecule has 0 bridgehead atoms. The third kappa shape index (κ3) is 2.92. The van der Waals surface area contributed by atoms with E-state index in [2.05, 4.69) is 20.9 Å². The highest BCUT2D eigenvalue weighted by Gasteiger charge is 2.18. The molecule has 7 heteroatoms. The van der Waals surface area contributed by atoms with Crippen molar-refractivity contribution < 1.29 is 9.66 Å². The molecule has 0 aliphatic carbocycles. The van der Waals surface area contributed by atoms with E-state index < -0.39 is 4.92 Å². The van der Waals surface area contributed by atoms with E-state index in [9.17, 15) is 10.1 Å². The molecule has 6 nitrogen and oxygen atoms in total. The zero-order chi connectivity index (χ0) is 14.7. The number of hydrogen-bond donors (Lipinski definition) is 0. The van der Waals surface area contributed by atoms with Gasteiger partial charge in [-0.05, 0) is 41.1 Å². The van der Waals surface area contributed by atoms with Crippen LogP contribution in [0.3, 0.4) is 0 Å². The molecule has 1 heterocycles. The minimum atomic E-state index is -0.593. The van der Waals surface area contributed by atoms with Gasteiger partial charge in [-0.25, -0.2) is 4.98 Å². The van der Waals surface area contributed by atoms with Gasteiger partial charge in [-0.15, -0.1) is 0 Å². The fourth-order valence-corrected chi connectivity index (χ4v) is 2.00. The van der Waals surface area contributed by atoms with Crippen LogP contribution >= 0.6 is 15.9 Å². The van der Waals surface area contributed by atoms with E-state index in [4.69, 9.17) is 10.00 Å². The molecule has 0 radical (unpaired) electrons. The molecule has 100 valence electrons. The van der Waals surface area contributed by atoms with Gasteiger partial charge < -0.3 is 4.74 Å². The Hall–Kier alpha value is -2.46. The van der Waals surface area contributed by atoms with Crippen LogP contribution in [0, 0.1) is 28.4 Å². The smallest absolute Gasteiger partial charge is 0.312 e. The quantitative estimate of drug-likeness (QED) is 0.630. The second kappa shape index (κ2) is 5.67. The lowest BCUT2D eigenvalue weighted by molar-refractivity contribution is -0.385. The number of aryl methyl sites for hydroxylation is 1. The average molecular weight is 334 g/mol. The molecule has 0 fully saturated rings. The van der Waals surface area contributed by atoms with Crippen molar-refractivity contribution in [3.8, 4) is 17.7 Å². The molecule has 2 rings (SSSR count). The molecular formula is C13H8BrN3O3. The van der Waals surface area contributed by atoms with Crippen LogP contribution in [0.2, 0.25) is 0 Å². The van der Waals surface area contributed by atoms with Gasteiger partial charge in [-0.3, -0.25) is 10.1 Å². The third-order valence-electron chi connectivity index (χ3n) is 2.49. The lowest BCUT2D eigenvalue weighted by Crippen LogP contribution is -1.96. The number of pyridine rings is 1. The number of halogens is 1. The van der Waals surface area contributed by atoms with Crippen LogP contribution in [-0.4, -0.2) is 9.91 Å². The zero-order valence-electron chi connectivity index (χ0n) is 10.3. The van der Waals surface area contributed by atoms with Crippen LogP contribution < -0.4 is 4.74 Å². The van der Waals surface area contributed by atoms with E-state index in [-0.39, 0.29) is 22.9 Å². The lowest BCUT2D eigenvalue weighted by Gasteiger charge is -2.08. The molecule has 2 aromatic rings. The topological polar surface area (TPSA) is 89.0 Å². The number of nitriles is 1. The van der Waals surface area contributed by atoms with E-state index in [1.165, 1.54) is 24.4 Å². The number of ether oxygens (including phenoxy) is 1. The summed E-state index contributed by atoms with van der Waals surface area (Å²) in [6, 6.07) is 7.65. The Kier molecular flexibility index (Phi) is 3.96. The highest BCUT2D eigenvalue weighted by atomic mass is 79.9. The second-order valence-electron chi connectivity index (χ2n) is 3.93. The summed E-state index contributed by atoms with van der Waals surface area (Å²) in [5.41, 5.74) is 0.663. The fraction of sp³-hybridized carbons (Fsp3) is 0.0769. The summed E-state index contributed by atoms with van der Waals surface area (Å²) >= 11 is 3.28. The largest absolute Gasteiger partial charge is 0.432 e. The monoisotopic (exact) mass is 333 g/mol. The Morgan fingerprint density at radius 3 is 2.80 bits per heavy atom. The number of aromatic nitrogens is 1. The summed E-state index contributed by atoms with van der Waals surface area (Å²) in [5, 5.41) is 19.8. The van der Waals surface area contributed by atoms with Gasteiger partial charge in [0, 0.05) is 22.3 Å². The van der Waals surface area contributed by atoms with E-state index in [0.717, 1.165) is 10.0 Å². The molecule has 1 aromatic carbocycles. The predicted octanol–water partition coefficient (Wildman–Crippen LogP) is 3.72. The maximum atomic E-state index is 11.0. The van der Waals surface area contributed by atoms with Crippen molar-refractivity contribution in [3.63, 3.8) is 0 Å². The lowest BCUT2D eigenvalue weighted by atomic mass is 10.2. The highest BCUT2D eigenvalue weighted by Crippen LogP contribution is 2.32. The van der Waals surface area contributed by atoms with Crippen molar-refractivity contribution >= 4 is 21.6 Å². The van der Waals surface area contributed by atoms with E-state index in [1.807, 2.05) is 6.07 Å². The van der Waals surface area contributed by atoms with Gasteiger partial charge >= 0.3 is 5.69 Å². The Bertz CT molecular complexity index is 725. The standard InChI is InChI=1S/C13H8BrN3O3/c1-8-4-10(14)7-16-13(8)20-12-3-2-9(6-15)5-11(12)17(18)19/h2-5,7H,1H3. The maximum Gasteiger partial charge on any atom is 0.312 e. The van der Waals surface area contributed by atoms with Crippen molar-refractivity contribution in [2.45, 2.75) is 6.92 Å². The Balaban J connectivity index is 2.43. The molecular weight excluding hydrogens is 326 g/mol. The number of rotatable bonds is 3. The predicted molar refractivity (Wildman–Crippen MR) is 74.6 cm³/mol. The van der Waals surface area contributed by atoms with Gasteiger partial charge in [-0.1, -0.05) is 0 Å². The SMILES string of the molecule is Cc1cc(Br)cnc1Oc1ccc(C#N)cc1[N+](=O)[O-]. The van der Waals surface area contributed by atoms with Crippen LogP contribution in [0.25, 0.3) is 0 Å². The summed E-state index contributed by atoms with van der Waals surface area (Å²) < 4.78 is 6.26. The van der Waals surface area contributed by atoms with E-state index >= 15 is 0 Å². The molecule has 0 saturated carbocycles. The molecule has 1 aromatic heterocycles. The van der Waals surface area contributed by atoms with Crippen molar-refractivity contribution in [2.75, 3.05) is 0 Å². The Labute approximate surface area is 122 Å². The van der Waals surface area contributed by atoms with Crippen molar-refractivity contribution in [3.05, 3.63) is 56.2 Å². The second-order valence-corrected chi connectivity index (χ2v) is 4.84. The van der Waals surface area contributed by atoms with Crippen molar-refractivity contribution in [1.82, 2.24) is 4.98 Å². The normalized spacial score (nSPS) is 9.85. The molecule has 0 unspecified atom stereocenters. The molecule has 0 atom stereocenters. The molecule has 0 saturated heterocycles. The number of nitro benzene ring substituents is 1. The molecule has 0 N–H and O–H groups in total. The van der Waals surface area contributed by atoms with Gasteiger partial charge in [0.2, 0.25) is 11.6 Å². The molecule has 0 spiro atoms. The van der Waals surface area contributed by atoms with Crippen LogP contribution in [0.5, 0.6) is 11.6 Å². The van der Waals surface area contributed by atoms with Gasteiger partial charge in [0.25, 0.3) is 0 Å². The van der Waals surface area contributed by atoms with Crippen LogP contribution in [0.4, 0.5) is 5.69 Å².